The number of phenols is 1. The summed E-state index contributed by atoms with van der Waals surface area (Å²) in [6.45, 7) is 6.04. The molecule has 39 heavy (non-hydrogen) atoms. The summed E-state index contributed by atoms with van der Waals surface area (Å²) >= 11 is 0. The highest BCUT2D eigenvalue weighted by atomic mass is 19.4. The number of nitrogens with zero attached hydrogens (tertiary/aromatic N) is 2. The molecule has 2 amide bonds. The summed E-state index contributed by atoms with van der Waals surface area (Å²) in [6, 6.07) is 13.3. The molecule has 11 heteroatoms. The van der Waals surface area contributed by atoms with Gasteiger partial charge in [-0.3, -0.25) is 4.79 Å². The third-order valence-electron chi connectivity index (χ3n) is 6.61. The van der Waals surface area contributed by atoms with E-state index >= 15 is 0 Å². The minimum atomic E-state index is -4.86. The zero-order valence-corrected chi connectivity index (χ0v) is 21.7. The number of hydrogen-bond acceptors (Lipinski definition) is 4. The molecular formula is C28H30F3N3O5. The highest BCUT2D eigenvalue weighted by Crippen LogP contribution is 2.41. The van der Waals surface area contributed by atoms with Gasteiger partial charge in [0, 0.05) is 24.2 Å². The van der Waals surface area contributed by atoms with Crippen molar-refractivity contribution in [2.75, 3.05) is 13.1 Å². The molecule has 3 aromatic rings. The van der Waals surface area contributed by atoms with Crippen molar-refractivity contribution < 1.29 is 37.7 Å². The van der Waals surface area contributed by atoms with Gasteiger partial charge in [-0.2, -0.15) is 0 Å². The number of nitrogens with one attached hydrogen (secondary N) is 1. The predicted octanol–water partition coefficient (Wildman–Crippen LogP) is 6.27. The largest absolute Gasteiger partial charge is 0.573 e. The van der Waals surface area contributed by atoms with Crippen molar-refractivity contribution in [1.29, 1.82) is 0 Å². The van der Waals surface area contributed by atoms with Gasteiger partial charge < -0.3 is 29.7 Å². The standard InChI is InChI=1S/C28H30F3N3O5/c1-27(2,3)33(26(37)38)13-5-7-19-16-32-25(36)23-15-22(18-6-4-8-21(14-18)39-28(29,30)31)24(34(19)23)17-9-11-20(35)12-10-17/h4,6,8-12,14-15,19,35H,5,7,13,16H2,1-3H3,(H,32,36)(H,37,38)/t19-/m0/s1. The number of aromatic hydroxyl groups is 1. The number of alkyl halides is 3. The molecule has 2 aromatic carbocycles. The summed E-state index contributed by atoms with van der Waals surface area (Å²) < 4.78 is 44.7. The lowest BCUT2D eigenvalue weighted by atomic mass is 10.00. The van der Waals surface area contributed by atoms with Crippen molar-refractivity contribution in [3.63, 3.8) is 0 Å². The second-order valence-corrected chi connectivity index (χ2v) is 10.4. The van der Waals surface area contributed by atoms with Gasteiger partial charge in [0.15, 0.2) is 0 Å². The summed E-state index contributed by atoms with van der Waals surface area (Å²) in [4.78, 5) is 26.1. The van der Waals surface area contributed by atoms with Crippen LogP contribution in [0.1, 0.15) is 50.1 Å². The third-order valence-corrected chi connectivity index (χ3v) is 6.61. The van der Waals surface area contributed by atoms with Crippen LogP contribution in [0.15, 0.2) is 54.6 Å². The maximum Gasteiger partial charge on any atom is 0.573 e. The number of aromatic nitrogens is 1. The number of halogens is 3. The summed E-state index contributed by atoms with van der Waals surface area (Å²) in [6.07, 6.45) is -4.83. The summed E-state index contributed by atoms with van der Waals surface area (Å²) in [7, 11) is 0. The first-order valence-corrected chi connectivity index (χ1v) is 12.4. The number of amides is 2. The minimum Gasteiger partial charge on any atom is -0.508 e. The van der Waals surface area contributed by atoms with Crippen molar-refractivity contribution in [2.45, 2.75) is 51.6 Å². The number of benzene rings is 2. The van der Waals surface area contributed by atoms with Gasteiger partial charge in [-0.25, -0.2) is 4.79 Å². The van der Waals surface area contributed by atoms with E-state index in [2.05, 4.69) is 10.1 Å². The van der Waals surface area contributed by atoms with Crippen LogP contribution in [0.25, 0.3) is 22.4 Å². The van der Waals surface area contributed by atoms with Crippen LogP contribution in [0, 0.1) is 0 Å². The van der Waals surface area contributed by atoms with Crippen molar-refractivity contribution in [3.05, 3.63) is 60.3 Å². The number of fused-ring (bicyclic) bond motifs is 1. The average molecular weight is 546 g/mol. The molecular weight excluding hydrogens is 515 g/mol. The van der Waals surface area contributed by atoms with Gasteiger partial charge in [-0.1, -0.05) is 12.1 Å². The Morgan fingerprint density at radius 2 is 1.79 bits per heavy atom. The molecule has 0 saturated heterocycles. The highest BCUT2D eigenvalue weighted by Gasteiger charge is 2.33. The van der Waals surface area contributed by atoms with E-state index in [-0.39, 0.29) is 24.2 Å². The second kappa shape index (κ2) is 10.5. The first kappa shape index (κ1) is 27.9. The van der Waals surface area contributed by atoms with Crippen LogP contribution in [0.3, 0.4) is 0 Å². The maximum absolute atomic E-state index is 12.9. The van der Waals surface area contributed by atoms with Crippen LogP contribution in [0.2, 0.25) is 0 Å². The fraction of sp³-hybridized carbons (Fsp3) is 0.357. The molecule has 1 aliphatic heterocycles. The molecule has 0 bridgehead atoms. The normalized spacial score (nSPS) is 15.4. The Hall–Kier alpha value is -4.15. The molecule has 8 nitrogen and oxygen atoms in total. The van der Waals surface area contributed by atoms with Gasteiger partial charge in [0.1, 0.15) is 17.2 Å². The van der Waals surface area contributed by atoms with E-state index in [0.717, 1.165) is 0 Å². The molecule has 1 atom stereocenters. The molecule has 0 spiro atoms. The van der Waals surface area contributed by atoms with Crippen molar-refractivity contribution >= 4 is 12.0 Å². The van der Waals surface area contributed by atoms with Gasteiger partial charge in [0.25, 0.3) is 5.91 Å². The number of phenolic OH excluding ortho intramolecular Hbond substituents is 1. The van der Waals surface area contributed by atoms with Crippen molar-refractivity contribution in [3.8, 4) is 33.9 Å². The van der Waals surface area contributed by atoms with Gasteiger partial charge in [0.05, 0.1) is 11.7 Å². The molecule has 1 aromatic heterocycles. The quantitative estimate of drug-likeness (QED) is 0.325. The van der Waals surface area contributed by atoms with Gasteiger partial charge in [-0.15, -0.1) is 13.2 Å². The fourth-order valence-corrected chi connectivity index (χ4v) is 4.90. The van der Waals surface area contributed by atoms with Crippen LogP contribution >= 0.6 is 0 Å². The molecule has 0 radical (unpaired) electrons. The second-order valence-electron chi connectivity index (χ2n) is 10.4. The van der Waals surface area contributed by atoms with E-state index in [1.807, 2.05) is 25.3 Å². The Kier molecular flexibility index (Phi) is 7.54. The number of carbonyl (C=O) groups excluding carboxylic acids is 1. The molecule has 2 heterocycles. The van der Waals surface area contributed by atoms with E-state index in [9.17, 15) is 33.0 Å². The Morgan fingerprint density at radius 1 is 1.10 bits per heavy atom. The monoisotopic (exact) mass is 545 g/mol. The van der Waals surface area contributed by atoms with Crippen LogP contribution in [-0.2, 0) is 0 Å². The smallest absolute Gasteiger partial charge is 0.508 e. The first-order valence-electron chi connectivity index (χ1n) is 12.4. The number of carboxylic acid groups (broad SMARTS) is 1. The molecule has 0 unspecified atom stereocenters. The zero-order chi connectivity index (χ0) is 28.5. The Bertz CT molecular complexity index is 1360. The molecule has 0 saturated carbocycles. The van der Waals surface area contributed by atoms with E-state index < -0.39 is 23.7 Å². The van der Waals surface area contributed by atoms with Gasteiger partial charge in [0.2, 0.25) is 0 Å². The maximum atomic E-state index is 12.9. The Balaban J connectivity index is 1.78. The van der Waals surface area contributed by atoms with Gasteiger partial charge in [-0.05, 0) is 87.2 Å². The van der Waals surface area contributed by atoms with Crippen molar-refractivity contribution in [2.24, 2.45) is 0 Å². The van der Waals surface area contributed by atoms with Crippen LogP contribution < -0.4 is 10.1 Å². The zero-order valence-electron chi connectivity index (χ0n) is 21.7. The molecule has 208 valence electrons. The SMILES string of the molecule is CC(C)(C)N(CCC[C@H]1CNC(=O)c2cc(-c3cccc(OC(F)(F)F)c3)c(-c3ccc(O)cc3)n21)C(=O)O. The van der Waals surface area contributed by atoms with Crippen LogP contribution in [0.4, 0.5) is 18.0 Å². The van der Waals surface area contributed by atoms with Crippen LogP contribution in [-0.4, -0.2) is 56.7 Å². The summed E-state index contributed by atoms with van der Waals surface area (Å²) in [5.41, 5.74) is 1.93. The van der Waals surface area contributed by atoms with E-state index in [0.29, 0.717) is 47.5 Å². The lowest BCUT2D eigenvalue weighted by molar-refractivity contribution is -0.274. The number of hydrogen-bond donors (Lipinski definition) is 3. The van der Waals surface area contributed by atoms with E-state index in [4.69, 9.17) is 0 Å². The minimum absolute atomic E-state index is 0.0385. The number of ether oxygens (including phenoxy) is 1. The molecule has 4 rings (SSSR count). The molecule has 0 fully saturated rings. The predicted molar refractivity (Wildman–Crippen MR) is 139 cm³/mol. The van der Waals surface area contributed by atoms with Crippen LogP contribution in [0.5, 0.6) is 11.5 Å². The van der Waals surface area contributed by atoms with E-state index in [1.54, 1.807) is 24.3 Å². The highest BCUT2D eigenvalue weighted by molar-refractivity contribution is 5.98. The topological polar surface area (TPSA) is 104 Å². The molecule has 3 N–H and O–H groups in total. The fourth-order valence-electron chi connectivity index (χ4n) is 4.90. The molecule has 1 aliphatic rings. The average Bonchev–Trinajstić information content (AvgIpc) is 3.23. The van der Waals surface area contributed by atoms with Gasteiger partial charge >= 0.3 is 12.5 Å². The van der Waals surface area contributed by atoms with E-state index in [1.165, 1.54) is 35.2 Å². The molecule has 0 aliphatic carbocycles. The lowest BCUT2D eigenvalue weighted by Gasteiger charge is -2.34. The number of rotatable bonds is 7. The summed E-state index contributed by atoms with van der Waals surface area (Å²) in [5, 5.41) is 22.4. The first-order chi connectivity index (χ1) is 18.2. The lowest BCUT2D eigenvalue weighted by Crippen LogP contribution is -2.45. The van der Waals surface area contributed by atoms with Crippen molar-refractivity contribution in [1.82, 2.24) is 14.8 Å². The third kappa shape index (κ3) is 6.30. The Labute approximate surface area is 223 Å². The summed E-state index contributed by atoms with van der Waals surface area (Å²) in [5.74, 6) is -0.684. The number of carbonyl (C=O) groups is 2. The Morgan fingerprint density at radius 3 is 2.41 bits per heavy atom.